The largest absolute Gasteiger partial charge is 0.326 e. The molecule has 2 atom stereocenters. The number of rotatable bonds is 5. The molecule has 0 aliphatic carbocycles. The normalized spacial score (nSPS) is 21.5. The number of hydrogen-bond acceptors (Lipinski definition) is 4. The van der Waals surface area contributed by atoms with Crippen LogP contribution in [-0.2, 0) is 0 Å². The van der Waals surface area contributed by atoms with Gasteiger partial charge in [-0.05, 0) is 32.0 Å². The Bertz CT molecular complexity index is 386. The number of hydrogen-bond donors (Lipinski definition) is 1. The highest BCUT2D eigenvalue weighted by atomic mass is 35.5. The molecule has 1 saturated heterocycles. The summed E-state index contributed by atoms with van der Waals surface area (Å²) in [4.78, 5) is 6.35. The van der Waals surface area contributed by atoms with Gasteiger partial charge in [0.15, 0.2) is 0 Å². The summed E-state index contributed by atoms with van der Waals surface area (Å²) < 4.78 is 0.852. The van der Waals surface area contributed by atoms with Gasteiger partial charge < -0.3 is 10.6 Å². The van der Waals surface area contributed by atoms with E-state index in [0.717, 1.165) is 30.5 Å². The Morgan fingerprint density at radius 1 is 1.32 bits per heavy atom. The quantitative estimate of drug-likeness (QED) is 0.908. The fraction of sp³-hybridized carbons (Fsp3) is 0.714. The maximum atomic E-state index is 6.21. The minimum atomic E-state index is 0.132. The van der Waals surface area contributed by atoms with Gasteiger partial charge in [-0.15, -0.1) is 11.3 Å². The zero-order valence-corrected chi connectivity index (χ0v) is 13.4. The van der Waals surface area contributed by atoms with Crippen LogP contribution in [0.15, 0.2) is 12.1 Å². The van der Waals surface area contributed by atoms with Crippen LogP contribution in [-0.4, -0.2) is 48.6 Å². The van der Waals surface area contributed by atoms with Crippen LogP contribution in [0.25, 0.3) is 0 Å². The van der Waals surface area contributed by atoms with Gasteiger partial charge >= 0.3 is 0 Å². The van der Waals surface area contributed by atoms with E-state index in [1.54, 1.807) is 11.3 Å². The monoisotopic (exact) mass is 301 g/mol. The molecule has 0 spiro atoms. The number of thiophene rings is 1. The molecule has 2 heterocycles. The summed E-state index contributed by atoms with van der Waals surface area (Å²) in [5.74, 6) is 0. The molecule has 1 aromatic heterocycles. The second-order valence-electron chi connectivity index (χ2n) is 5.32. The van der Waals surface area contributed by atoms with Crippen molar-refractivity contribution >= 4 is 22.9 Å². The third-order valence-electron chi connectivity index (χ3n) is 3.72. The van der Waals surface area contributed by atoms with Crippen molar-refractivity contribution in [2.75, 3.05) is 32.7 Å². The Morgan fingerprint density at radius 3 is 2.47 bits per heavy atom. The van der Waals surface area contributed by atoms with Crippen LogP contribution in [0.4, 0.5) is 0 Å². The first-order valence-corrected chi connectivity index (χ1v) is 8.28. The molecule has 1 aromatic rings. The van der Waals surface area contributed by atoms with Gasteiger partial charge in [0.1, 0.15) is 0 Å². The van der Waals surface area contributed by atoms with E-state index < -0.39 is 0 Å². The third kappa shape index (κ3) is 3.92. The molecule has 1 fully saturated rings. The lowest BCUT2D eigenvalue weighted by Gasteiger charge is -2.40. The van der Waals surface area contributed by atoms with Crippen molar-refractivity contribution in [1.29, 1.82) is 0 Å². The summed E-state index contributed by atoms with van der Waals surface area (Å²) in [6.45, 7) is 10.0. The Labute approximate surface area is 125 Å². The van der Waals surface area contributed by atoms with Crippen LogP contribution in [0.1, 0.15) is 31.2 Å². The SMILES string of the molecule is CCCN1CCN(C(c2ccc(Cl)s2)C(C)N)CC1. The number of nitrogens with zero attached hydrogens (tertiary/aromatic N) is 2. The Hall–Kier alpha value is -0.130. The van der Waals surface area contributed by atoms with Crippen LogP contribution in [0, 0.1) is 0 Å². The summed E-state index contributed by atoms with van der Waals surface area (Å²) in [6.07, 6.45) is 1.23. The Balaban J connectivity index is 2.01. The maximum absolute atomic E-state index is 6.21. The van der Waals surface area contributed by atoms with Gasteiger partial charge in [0, 0.05) is 37.1 Å². The minimum Gasteiger partial charge on any atom is -0.326 e. The first-order valence-electron chi connectivity index (χ1n) is 7.09. The molecule has 0 amide bonds. The maximum Gasteiger partial charge on any atom is 0.0931 e. The molecule has 0 saturated carbocycles. The Kier molecular flexibility index (Phi) is 5.66. The lowest BCUT2D eigenvalue weighted by molar-refractivity contribution is 0.0883. The van der Waals surface area contributed by atoms with Gasteiger partial charge in [-0.3, -0.25) is 4.90 Å². The van der Waals surface area contributed by atoms with Crippen LogP contribution in [0.2, 0.25) is 4.34 Å². The molecule has 108 valence electrons. The molecular formula is C14H24ClN3S. The highest BCUT2D eigenvalue weighted by Crippen LogP contribution is 2.32. The lowest BCUT2D eigenvalue weighted by atomic mass is 10.1. The zero-order chi connectivity index (χ0) is 13.8. The first kappa shape index (κ1) is 15.3. The fourth-order valence-electron chi connectivity index (χ4n) is 2.84. The van der Waals surface area contributed by atoms with E-state index in [1.165, 1.54) is 17.8 Å². The van der Waals surface area contributed by atoms with Crippen molar-refractivity contribution in [2.24, 2.45) is 5.73 Å². The summed E-state index contributed by atoms with van der Waals surface area (Å²) in [5, 5.41) is 0. The molecule has 5 heteroatoms. The molecule has 0 radical (unpaired) electrons. The fourth-order valence-corrected chi connectivity index (χ4v) is 4.15. The van der Waals surface area contributed by atoms with Crippen molar-refractivity contribution < 1.29 is 0 Å². The molecule has 1 aliphatic rings. The summed E-state index contributed by atoms with van der Waals surface area (Å²) in [7, 11) is 0. The highest BCUT2D eigenvalue weighted by molar-refractivity contribution is 7.16. The predicted molar refractivity (Wildman–Crippen MR) is 84.0 cm³/mol. The van der Waals surface area contributed by atoms with Crippen molar-refractivity contribution in [3.05, 3.63) is 21.3 Å². The topological polar surface area (TPSA) is 32.5 Å². The van der Waals surface area contributed by atoms with Crippen LogP contribution >= 0.6 is 22.9 Å². The van der Waals surface area contributed by atoms with Crippen molar-refractivity contribution in [3.8, 4) is 0 Å². The number of piperazine rings is 1. The molecule has 0 bridgehead atoms. The molecule has 2 rings (SSSR count). The summed E-state index contributed by atoms with van der Waals surface area (Å²) >= 11 is 7.72. The average molecular weight is 302 g/mol. The molecule has 2 N–H and O–H groups in total. The van der Waals surface area contributed by atoms with Gasteiger partial charge in [0.2, 0.25) is 0 Å². The van der Waals surface area contributed by atoms with E-state index in [2.05, 4.69) is 29.7 Å². The van der Waals surface area contributed by atoms with E-state index in [9.17, 15) is 0 Å². The predicted octanol–water partition coefficient (Wildman–Crippen LogP) is 2.82. The van der Waals surface area contributed by atoms with E-state index in [1.807, 2.05) is 6.07 Å². The standard InChI is InChI=1S/C14H24ClN3S/c1-3-6-17-7-9-18(10-8-17)14(11(2)16)12-4-5-13(15)19-12/h4-5,11,14H,3,6-10,16H2,1-2H3. The van der Waals surface area contributed by atoms with Crippen molar-refractivity contribution in [1.82, 2.24) is 9.80 Å². The van der Waals surface area contributed by atoms with Gasteiger partial charge in [0.05, 0.1) is 10.4 Å². The second kappa shape index (κ2) is 7.04. The van der Waals surface area contributed by atoms with Gasteiger partial charge in [-0.25, -0.2) is 0 Å². The van der Waals surface area contributed by atoms with E-state index >= 15 is 0 Å². The number of halogens is 1. The van der Waals surface area contributed by atoms with E-state index in [4.69, 9.17) is 17.3 Å². The van der Waals surface area contributed by atoms with E-state index in [0.29, 0.717) is 6.04 Å². The summed E-state index contributed by atoms with van der Waals surface area (Å²) in [6, 6.07) is 4.54. The van der Waals surface area contributed by atoms with Crippen molar-refractivity contribution in [2.45, 2.75) is 32.4 Å². The second-order valence-corrected chi connectivity index (χ2v) is 7.07. The molecule has 0 aromatic carbocycles. The first-order chi connectivity index (χ1) is 9.11. The van der Waals surface area contributed by atoms with Gasteiger partial charge in [-0.2, -0.15) is 0 Å². The number of nitrogens with two attached hydrogens (primary N) is 1. The summed E-state index contributed by atoms with van der Waals surface area (Å²) in [5.41, 5.74) is 6.21. The van der Waals surface area contributed by atoms with Crippen molar-refractivity contribution in [3.63, 3.8) is 0 Å². The van der Waals surface area contributed by atoms with Crippen LogP contribution < -0.4 is 5.73 Å². The minimum absolute atomic E-state index is 0.132. The van der Waals surface area contributed by atoms with E-state index in [-0.39, 0.29) is 6.04 Å². The molecule has 19 heavy (non-hydrogen) atoms. The average Bonchev–Trinajstić information content (AvgIpc) is 2.78. The molecule has 3 nitrogen and oxygen atoms in total. The lowest BCUT2D eigenvalue weighted by Crippen LogP contribution is -2.50. The van der Waals surface area contributed by atoms with Crippen LogP contribution in [0.5, 0.6) is 0 Å². The molecule has 2 unspecified atom stereocenters. The zero-order valence-electron chi connectivity index (χ0n) is 11.8. The van der Waals surface area contributed by atoms with Gasteiger partial charge in [0.25, 0.3) is 0 Å². The molecule has 1 aliphatic heterocycles. The smallest absolute Gasteiger partial charge is 0.0931 e. The molecular weight excluding hydrogens is 278 g/mol. The Morgan fingerprint density at radius 2 is 2.00 bits per heavy atom. The highest BCUT2D eigenvalue weighted by Gasteiger charge is 2.28. The van der Waals surface area contributed by atoms with Gasteiger partial charge in [-0.1, -0.05) is 18.5 Å². The van der Waals surface area contributed by atoms with Crippen LogP contribution in [0.3, 0.4) is 0 Å². The third-order valence-corrected chi connectivity index (χ3v) is 5.03.